The van der Waals surface area contributed by atoms with E-state index in [2.05, 4.69) is 21.4 Å². The normalized spacial score (nSPS) is 18.6. The molecule has 0 bridgehead atoms. The molecular weight excluding hydrogens is 278 g/mol. The summed E-state index contributed by atoms with van der Waals surface area (Å²) in [5.41, 5.74) is 3.28. The lowest BCUT2D eigenvalue weighted by atomic mass is 9.94. The van der Waals surface area contributed by atoms with Crippen molar-refractivity contribution in [3.05, 3.63) is 35.4 Å². The summed E-state index contributed by atoms with van der Waals surface area (Å²) in [5.74, 6) is 0.569. The van der Waals surface area contributed by atoms with E-state index in [1.807, 2.05) is 35.8 Å². The molecule has 0 aliphatic carbocycles. The Bertz CT molecular complexity index is 645. The third-order valence-electron chi connectivity index (χ3n) is 4.24. The number of nitrogens with one attached hydrogen (secondary N) is 1. The van der Waals surface area contributed by atoms with Crippen LogP contribution in [-0.4, -0.2) is 43.9 Å². The molecule has 3 rings (SSSR count). The first-order valence-corrected chi connectivity index (χ1v) is 7.90. The number of carbonyl (C=O) groups excluding carboxylic acids is 1. The predicted octanol–water partition coefficient (Wildman–Crippen LogP) is 2.02. The number of rotatable bonds is 4. The van der Waals surface area contributed by atoms with Crippen LogP contribution < -0.4 is 0 Å². The lowest BCUT2D eigenvalue weighted by Gasteiger charge is -2.32. The highest BCUT2D eigenvalue weighted by Crippen LogP contribution is 2.26. The molecule has 1 aliphatic heterocycles. The van der Waals surface area contributed by atoms with E-state index in [-0.39, 0.29) is 5.91 Å². The van der Waals surface area contributed by atoms with E-state index in [4.69, 9.17) is 0 Å². The number of aromatic nitrogens is 4. The molecule has 1 N–H and O–H groups in total. The van der Waals surface area contributed by atoms with Crippen LogP contribution in [0.5, 0.6) is 0 Å². The van der Waals surface area contributed by atoms with Crippen molar-refractivity contribution in [3.8, 4) is 0 Å². The minimum atomic E-state index is 0.213. The fraction of sp³-hybridized carbons (Fsp3) is 0.562. The van der Waals surface area contributed by atoms with Gasteiger partial charge in [-0.3, -0.25) is 14.6 Å². The van der Waals surface area contributed by atoms with Gasteiger partial charge in [-0.15, -0.1) is 0 Å². The molecule has 118 valence electrons. The molecule has 3 heterocycles. The molecule has 1 aliphatic rings. The van der Waals surface area contributed by atoms with E-state index in [1.54, 1.807) is 0 Å². The van der Waals surface area contributed by atoms with Crippen LogP contribution in [0.2, 0.25) is 0 Å². The van der Waals surface area contributed by atoms with Crippen LogP contribution in [0, 0.1) is 13.8 Å². The molecule has 0 spiro atoms. The second kappa shape index (κ2) is 6.34. The van der Waals surface area contributed by atoms with Crippen LogP contribution in [-0.2, 0) is 11.3 Å². The first-order chi connectivity index (χ1) is 10.6. The maximum absolute atomic E-state index is 12.4. The molecule has 0 radical (unpaired) electrons. The molecule has 22 heavy (non-hydrogen) atoms. The first kappa shape index (κ1) is 14.8. The Labute approximate surface area is 130 Å². The number of aryl methyl sites for hydroxylation is 3. The molecule has 1 atom stereocenters. The Hall–Kier alpha value is -2.11. The minimum Gasteiger partial charge on any atom is -0.342 e. The zero-order chi connectivity index (χ0) is 15.5. The van der Waals surface area contributed by atoms with Gasteiger partial charge in [0.25, 0.3) is 0 Å². The largest absolute Gasteiger partial charge is 0.342 e. The minimum absolute atomic E-state index is 0.213. The average molecular weight is 301 g/mol. The van der Waals surface area contributed by atoms with Crippen molar-refractivity contribution in [2.75, 3.05) is 13.1 Å². The number of likely N-dealkylation sites (tertiary alicyclic amines) is 1. The molecule has 6 heteroatoms. The van der Waals surface area contributed by atoms with Gasteiger partial charge in [0, 0.05) is 43.9 Å². The quantitative estimate of drug-likeness (QED) is 0.939. The molecule has 1 fully saturated rings. The fourth-order valence-electron chi connectivity index (χ4n) is 3.05. The third-order valence-corrected chi connectivity index (χ3v) is 4.24. The van der Waals surface area contributed by atoms with E-state index in [1.165, 1.54) is 0 Å². The van der Waals surface area contributed by atoms with Gasteiger partial charge in [-0.05, 0) is 38.3 Å². The van der Waals surface area contributed by atoms with Crippen molar-refractivity contribution in [1.29, 1.82) is 0 Å². The summed E-state index contributed by atoms with van der Waals surface area (Å²) < 4.78 is 1.84. The van der Waals surface area contributed by atoms with Gasteiger partial charge >= 0.3 is 0 Å². The fourth-order valence-corrected chi connectivity index (χ4v) is 3.05. The van der Waals surface area contributed by atoms with Gasteiger partial charge in [0.1, 0.15) is 0 Å². The Kier molecular flexibility index (Phi) is 4.27. The number of aromatic amines is 1. The topological polar surface area (TPSA) is 66.8 Å². The monoisotopic (exact) mass is 301 g/mol. The summed E-state index contributed by atoms with van der Waals surface area (Å²) in [7, 11) is 0. The Morgan fingerprint density at radius 1 is 1.45 bits per heavy atom. The van der Waals surface area contributed by atoms with E-state index in [0.717, 1.165) is 42.9 Å². The van der Waals surface area contributed by atoms with Crippen LogP contribution in [0.25, 0.3) is 0 Å². The lowest BCUT2D eigenvalue weighted by Crippen LogP contribution is -2.39. The second-order valence-corrected chi connectivity index (χ2v) is 6.19. The van der Waals surface area contributed by atoms with Crippen molar-refractivity contribution < 1.29 is 4.79 Å². The van der Waals surface area contributed by atoms with Crippen LogP contribution in [0.15, 0.2) is 18.5 Å². The Balaban J connectivity index is 1.55. The van der Waals surface area contributed by atoms with Crippen molar-refractivity contribution in [1.82, 2.24) is 24.9 Å². The lowest BCUT2D eigenvalue weighted by molar-refractivity contribution is -0.132. The average Bonchev–Trinajstić information content (AvgIpc) is 3.13. The molecule has 2 aromatic heterocycles. The van der Waals surface area contributed by atoms with Crippen LogP contribution in [0.1, 0.15) is 42.1 Å². The predicted molar refractivity (Wildman–Crippen MR) is 83.5 cm³/mol. The Morgan fingerprint density at radius 3 is 3.00 bits per heavy atom. The van der Waals surface area contributed by atoms with Gasteiger partial charge in [-0.2, -0.15) is 10.2 Å². The highest BCUT2D eigenvalue weighted by Gasteiger charge is 2.25. The molecule has 6 nitrogen and oxygen atoms in total. The highest BCUT2D eigenvalue weighted by molar-refractivity contribution is 5.76. The van der Waals surface area contributed by atoms with E-state index < -0.39 is 0 Å². The van der Waals surface area contributed by atoms with Gasteiger partial charge < -0.3 is 4.90 Å². The number of hydrogen-bond acceptors (Lipinski definition) is 3. The zero-order valence-electron chi connectivity index (χ0n) is 13.2. The summed E-state index contributed by atoms with van der Waals surface area (Å²) in [6, 6.07) is 2.09. The van der Waals surface area contributed by atoms with Crippen molar-refractivity contribution >= 4 is 5.91 Å². The van der Waals surface area contributed by atoms with E-state index >= 15 is 0 Å². The van der Waals surface area contributed by atoms with Crippen molar-refractivity contribution in [3.63, 3.8) is 0 Å². The smallest absolute Gasteiger partial charge is 0.224 e. The van der Waals surface area contributed by atoms with Gasteiger partial charge in [-0.25, -0.2) is 0 Å². The van der Waals surface area contributed by atoms with Gasteiger partial charge in [0.2, 0.25) is 5.91 Å². The van der Waals surface area contributed by atoms with Crippen molar-refractivity contribution in [2.45, 2.75) is 45.6 Å². The van der Waals surface area contributed by atoms with E-state index in [0.29, 0.717) is 18.9 Å². The standard InChI is InChI=1S/C16H23N5O/c1-12-9-17-21(10-12)7-5-16(22)20-6-3-4-14(11-20)15-8-13(2)18-19-15/h8-10,14H,3-7,11H2,1-2H3,(H,18,19). The van der Waals surface area contributed by atoms with Crippen LogP contribution in [0.3, 0.4) is 0 Å². The SMILES string of the molecule is Cc1cnn(CCC(=O)N2CCCC(c3cc(C)[nH]n3)C2)c1. The number of H-pyrrole nitrogens is 1. The molecule has 0 saturated carbocycles. The maximum atomic E-state index is 12.4. The summed E-state index contributed by atoms with van der Waals surface area (Å²) >= 11 is 0. The van der Waals surface area contributed by atoms with E-state index in [9.17, 15) is 4.79 Å². The second-order valence-electron chi connectivity index (χ2n) is 6.19. The van der Waals surface area contributed by atoms with Crippen molar-refractivity contribution in [2.24, 2.45) is 0 Å². The first-order valence-electron chi connectivity index (χ1n) is 7.90. The molecule has 0 aromatic carbocycles. The van der Waals surface area contributed by atoms with Crippen LogP contribution >= 0.6 is 0 Å². The summed E-state index contributed by atoms with van der Waals surface area (Å²) in [6.45, 7) is 6.30. The summed E-state index contributed by atoms with van der Waals surface area (Å²) in [5, 5.41) is 11.6. The molecule has 1 saturated heterocycles. The molecule has 2 aromatic rings. The molecular formula is C16H23N5O. The number of piperidine rings is 1. The zero-order valence-corrected chi connectivity index (χ0v) is 13.2. The van der Waals surface area contributed by atoms with Gasteiger partial charge in [0.05, 0.1) is 11.9 Å². The number of hydrogen-bond donors (Lipinski definition) is 1. The number of amides is 1. The molecule has 1 unspecified atom stereocenters. The third kappa shape index (κ3) is 3.37. The summed E-state index contributed by atoms with van der Waals surface area (Å²) in [6.07, 6.45) is 6.45. The number of nitrogens with zero attached hydrogens (tertiary/aromatic N) is 4. The molecule has 1 amide bonds. The summed E-state index contributed by atoms with van der Waals surface area (Å²) in [4.78, 5) is 14.4. The van der Waals surface area contributed by atoms with Crippen LogP contribution in [0.4, 0.5) is 0 Å². The maximum Gasteiger partial charge on any atom is 0.224 e. The Morgan fingerprint density at radius 2 is 2.32 bits per heavy atom. The van der Waals surface area contributed by atoms with Gasteiger partial charge in [0.15, 0.2) is 0 Å². The highest BCUT2D eigenvalue weighted by atomic mass is 16.2. The van der Waals surface area contributed by atoms with Gasteiger partial charge in [-0.1, -0.05) is 0 Å². The number of carbonyl (C=O) groups is 1.